The van der Waals surface area contributed by atoms with E-state index in [1.165, 1.54) is 12.8 Å². The summed E-state index contributed by atoms with van der Waals surface area (Å²) in [6.07, 6.45) is 6.17. The van der Waals surface area contributed by atoms with Crippen molar-refractivity contribution in [2.45, 2.75) is 31.8 Å². The van der Waals surface area contributed by atoms with E-state index in [0.29, 0.717) is 0 Å². The molecule has 1 saturated carbocycles. The molecule has 1 N–H and O–H groups in total. The van der Waals surface area contributed by atoms with Crippen molar-refractivity contribution in [2.24, 2.45) is 5.92 Å². The maximum atomic E-state index is 10.3. The molecule has 17 heavy (non-hydrogen) atoms. The van der Waals surface area contributed by atoms with Crippen molar-refractivity contribution >= 4 is 10.9 Å². The van der Waals surface area contributed by atoms with Crippen LogP contribution in [0.25, 0.3) is 10.9 Å². The Morgan fingerprint density at radius 3 is 2.88 bits per heavy atom. The Hall–Kier alpha value is -1.41. The number of hydrogen-bond acceptors (Lipinski definition) is 2. The Balaban J connectivity index is 1.87. The Bertz CT molecular complexity index is 514. The van der Waals surface area contributed by atoms with E-state index in [1.54, 1.807) is 6.20 Å². The predicted octanol–water partition coefficient (Wildman–Crippen LogP) is 3.46. The van der Waals surface area contributed by atoms with Crippen LogP contribution in [0.3, 0.4) is 0 Å². The zero-order valence-electron chi connectivity index (χ0n) is 9.84. The average Bonchev–Trinajstić information content (AvgIpc) is 3.19. The molecule has 1 aliphatic carbocycles. The standard InChI is InChI=1S/C15H17NO/c17-15(8-7-11-5-6-11)13-9-10-16-14-4-2-1-3-12(13)14/h1-4,9-11,15,17H,5-8H2. The molecule has 1 unspecified atom stereocenters. The molecule has 3 rings (SSSR count). The minimum absolute atomic E-state index is 0.344. The van der Waals surface area contributed by atoms with Gasteiger partial charge in [-0.15, -0.1) is 0 Å². The Morgan fingerprint density at radius 2 is 2.06 bits per heavy atom. The van der Waals surface area contributed by atoms with Crippen LogP contribution >= 0.6 is 0 Å². The van der Waals surface area contributed by atoms with Gasteiger partial charge in [-0.05, 0) is 36.5 Å². The summed E-state index contributed by atoms with van der Waals surface area (Å²) in [4.78, 5) is 4.32. The molecular formula is C15H17NO. The third kappa shape index (κ3) is 2.32. The molecule has 0 aliphatic heterocycles. The molecule has 1 aliphatic rings. The topological polar surface area (TPSA) is 33.1 Å². The summed E-state index contributed by atoms with van der Waals surface area (Å²) in [5.41, 5.74) is 1.99. The maximum Gasteiger partial charge on any atom is 0.0797 e. The minimum atomic E-state index is -0.344. The Morgan fingerprint density at radius 1 is 1.24 bits per heavy atom. The monoisotopic (exact) mass is 227 g/mol. The van der Waals surface area contributed by atoms with E-state index in [0.717, 1.165) is 35.2 Å². The number of benzene rings is 1. The molecule has 1 aromatic heterocycles. The number of pyridine rings is 1. The molecule has 1 atom stereocenters. The molecule has 1 fully saturated rings. The fourth-order valence-electron chi connectivity index (χ4n) is 2.36. The highest BCUT2D eigenvalue weighted by molar-refractivity contribution is 5.82. The summed E-state index contributed by atoms with van der Waals surface area (Å²) < 4.78 is 0. The van der Waals surface area contributed by atoms with Crippen molar-refractivity contribution in [2.75, 3.05) is 0 Å². The predicted molar refractivity (Wildman–Crippen MR) is 68.7 cm³/mol. The molecule has 0 spiro atoms. The Kier molecular flexibility index (Phi) is 2.81. The van der Waals surface area contributed by atoms with Crippen molar-refractivity contribution in [3.05, 3.63) is 42.1 Å². The van der Waals surface area contributed by atoms with Gasteiger partial charge >= 0.3 is 0 Å². The van der Waals surface area contributed by atoms with Crippen LogP contribution in [0.2, 0.25) is 0 Å². The first-order chi connectivity index (χ1) is 8.34. The first-order valence-corrected chi connectivity index (χ1v) is 6.36. The zero-order valence-corrected chi connectivity index (χ0v) is 9.84. The van der Waals surface area contributed by atoms with Gasteiger partial charge in [-0.3, -0.25) is 4.98 Å². The Labute approximate surface area is 101 Å². The zero-order chi connectivity index (χ0) is 11.7. The van der Waals surface area contributed by atoms with Crippen LogP contribution in [0, 0.1) is 5.92 Å². The molecule has 0 amide bonds. The highest BCUT2D eigenvalue weighted by Gasteiger charge is 2.22. The van der Waals surface area contributed by atoms with Crippen molar-refractivity contribution < 1.29 is 5.11 Å². The van der Waals surface area contributed by atoms with Crippen LogP contribution in [0.1, 0.15) is 37.4 Å². The summed E-state index contributed by atoms with van der Waals surface area (Å²) in [6.45, 7) is 0. The van der Waals surface area contributed by atoms with Gasteiger partial charge in [0, 0.05) is 11.6 Å². The number of fused-ring (bicyclic) bond motifs is 1. The van der Waals surface area contributed by atoms with Crippen molar-refractivity contribution in [3.63, 3.8) is 0 Å². The average molecular weight is 227 g/mol. The third-order valence-electron chi connectivity index (χ3n) is 3.59. The normalized spacial score (nSPS) is 17.2. The van der Waals surface area contributed by atoms with E-state index in [1.807, 2.05) is 30.3 Å². The van der Waals surface area contributed by atoms with Crippen LogP contribution in [0.4, 0.5) is 0 Å². The van der Waals surface area contributed by atoms with Crippen LogP contribution in [0.15, 0.2) is 36.5 Å². The first-order valence-electron chi connectivity index (χ1n) is 6.36. The molecule has 88 valence electrons. The van der Waals surface area contributed by atoms with Gasteiger partial charge in [0.2, 0.25) is 0 Å². The smallest absolute Gasteiger partial charge is 0.0797 e. The van der Waals surface area contributed by atoms with E-state index in [2.05, 4.69) is 4.98 Å². The van der Waals surface area contributed by atoms with Crippen LogP contribution in [-0.4, -0.2) is 10.1 Å². The molecule has 0 bridgehead atoms. The molecular weight excluding hydrogens is 210 g/mol. The molecule has 2 aromatic rings. The van der Waals surface area contributed by atoms with Crippen molar-refractivity contribution in [1.82, 2.24) is 4.98 Å². The fourth-order valence-corrected chi connectivity index (χ4v) is 2.36. The maximum absolute atomic E-state index is 10.3. The summed E-state index contributed by atoms with van der Waals surface area (Å²) in [7, 11) is 0. The fraction of sp³-hybridized carbons (Fsp3) is 0.400. The van der Waals surface area contributed by atoms with Gasteiger partial charge in [0.15, 0.2) is 0 Å². The van der Waals surface area contributed by atoms with Gasteiger partial charge in [-0.1, -0.05) is 31.0 Å². The number of aliphatic hydroxyl groups is 1. The van der Waals surface area contributed by atoms with Gasteiger partial charge in [-0.2, -0.15) is 0 Å². The van der Waals surface area contributed by atoms with Crippen LogP contribution in [0.5, 0.6) is 0 Å². The number of hydrogen-bond donors (Lipinski definition) is 1. The van der Waals surface area contributed by atoms with E-state index in [-0.39, 0.29) is 6.10 Å². The van der Waals surface area contributed by atoms with E-state index >= 15 is 0 Å². The van der Waals surface area contributed by atoms with E-state index < -0.39 is 0 Å². The second kappa shape index (κ2) is 4.46. The molecule has 0 saturated heterocycles. The highest BCUT2D eigenvalue weighted by atomic mass is 16.3. The van der Waals surface area contributed by atoms with E-state index in [4.69, 9.17) is 0 Å². The molecule has 0 radical (unpaired) electrons. The number of aliphatic hydroxyl groups excluding tert-OH is 1. The lowest BCUT2D eigenvalue weighted by atomic mass is 10.00. The lowest BCUT2D eigenvalue weighted by Gasteiger charge is -2.13. The molecule has 2 heteroatoms. The molecule has 2 nitrogen and oxygen atoms in total. The first kappa shape index (κ1) is 10.7. The summed E-state index contributed by atoms with van der Waals surface area (Å²) >= 11 is 0. The lowest BCUT2D eigenvalue weighted by Crippen LogP contribution is -1.99. The minimum Gasteiger partial charge on any atom is -0.388 e. The van der Waals surface area contributed by atoms with Gasteiger partial charge in [0.1, 0.15) is 0 Å². The second-order valence-electron chi connectivity index (χ2n) is 4.95. The number of rotatable bonds is 4. The summed E-state index contributed by atoms with van der Waals surface area (Å²) in [5, 5.41) is 11.3. The second-order valence-corrected chi connectivity index (χ2v) is 4.95. The summed E-state index contributed by atoms with van der Waals surface area (Å²) in [6, 6.07) is 9.96. The lowest BCUT2D eigenvalue weighted by molar-refractivity contribution is 0.164. The molecule has 1 heterocycles. The largest absolute Gasteiger partial charge is 0.388 e. The van der Waals surface area contributed by atoms with Crippen molar-refractivity contribution in [1.29, 1.82) is 0 Å². The van der Waals surface area contributed by atoms with Gasteiger partial charge in [-0.25, -0.2) is 0 Å². The van der Waals surface area contributed by atoms with Crippen molar-refractivity contribution in [3.8, 4) is 0 Å². The number of para-hydroxylation sites is 1. The van der Waals surface area contributed by atoms with Crippen LogP contribution < -0.4 is 0 Å². The van der Waals surface area contributed by atoms with Crippen LogP contribution in [-0.2, 0) is 0 Å². The third-order valence-corrected chi connectivity index (χ3v) is 3.59. The van der Waals surface area contributed by atoms with Gasteiger partial charge in [0.25, 0.3) is 0 Å². The summed E-state index contributed by atoms with van der Waals surface area (Å²) in [5.74, 6) is 0.873. The number of nitrogens with zero attached hydrogens (tertiary/aromatic N) is 1. The quantitative estimate of drug-likeness (QED) is 0.867. The van der Waals surface area contributed by atoms with Gasteiger partial charge in [0.05, 0.1) is 11.6 Å². The SMILES string of the molecule is OC(CCC1CC1)c1ccnc2ccccc12. The number of aromatic nitrogens is 1. The highest BCUT2D eigenvalue weighted by Crippen LogP contribution is 2.36. The van der Waals surface area contributed by atoms with Gasteiger partial charge < -0.3 is 5.11 Å². The van der Waals surface area contributed by atoms with E-state index in [9.17, 15) is 5.11 Å². The molecule has 1 aromatic carbocycles.